The highest BCUT2D eigenvalue weighted by atomic mass is 16.3. The molecule has 0 aliphatic heterocycles. The van der Waals surface area contributed by atoms with Crippen LogP contribution in [0, 0.1) is 11.8 Å². The Labute approximate surface area is 153 Å². The van der Waals surface area contributed by atoms with Gasteiger partial charge in [-0.3, -0.25) is 4.79 Å². The molecule has 4 nitrogen and oxygen atoms in total. The average Bonchev–Trinajstić information content (AvgIpc) is 2.82. The van der Waals surface area contributed by atoms with Gasteiger partial charge >= 0.3 is 0 Å². The normalized spacial score (nSPS) is 26.4. The molecule has 0 aromatic rings. The van der Waals surface area contributed by atoms with Crippen molar-refractivity contribution in [3.05, 3.63) is 12.2 Å². The van der Waals surface area contributed by atoms with Crippen molar-refractivity contribution in [2.75, 3.05) is 6.61 Å². The second-order valence-electron chi connectivity index (χ2n) is 7.93. The van der Waals surface area contributed by atoms with Crippen LogP contribution in [0.4, 0.5) is 0 Å². The summed E-state index contributed by atoms with van der Waals surface area (Å²) >= 11 is 0. The molecule has 0 unspecified atom stereocenters. The molecule has 1 aliphatic rings. The third-order valence-electron chi connectivity index (χ3n) is 5.39. The zero-order valence-corrected chi connectivity index (χ0v) is 16.1. The fourth-order valence-corrected chi connectivity index (χ4v) is 3.74. The van der Waals surface area contributed by atoms with Crippen molar-refractivity contribution >= 4 is 5.78 Å². The molecule has 1 rings (SSSR count). The fourth-order valence-electron chi connectivity index (χ4n) is 3.74. The monoisotopic (exact) mass is 354 g/mol. The topological polar surface area (TPSA) is 77.8 Å². The summed E-state index contributed by atoms with van der Waals surface area (Å²) in [6.45, 7) is 4.22. The van der Waals surface area contributed by atoms with Crippen LogP contribution in [0.15, 0.2) is 12.2 Å². The number of aliphatic hydroxyl groups is 3. The summed E-state index contributed by atoms with van der Waals surface area (Å²) in [5, 5.41) is 29.3. The standard InChI is InChI=1S/C21H38O4/c1-3-4-13-21(2,25)14-10-12-18-17(19(23)16-20(18)24)11-8-6-5-7-9-15-22/h10,12,17-18,20,22,24-25H,3-9,11,13-16H2,1-2H3/b12-10+/t17-,18-,20-,21-/m1/s1. The van der Waals surface area contributed by atoms with Gasteiger partial charge in [-0.25, -0.2) is 0 Å². The van der Waals surface area contributed by atoms with Crippen LogP contribution in [0.1, 0.15) is 84.5 Å². The molecule has 0 aromatic heterocycles. The summed E-state index contributed by atoms with van der Waals surface area (Å²) in [5.41, 5.74) is -0.706. The highest BCUT2D eigenvalue weighted by Crippen LogP contribution is 2.34. The maximum atomic E-state index is 12.2. The van der Waals surface area contributed by atoms with Crippen LogP contribution >= 0.6 is 0 Å². The first-order valence-corrected chi connectivity index (χ1v) is 10.1. The van der Waals surface area contributed by atoms with Gasteiger partial charge in [-0.2, -0.15) is 0 Å². The highest BCUT2D eigenvalue weighted by molar-refractivity contribution is 5.84. The third-order valence-corrected chi connectivity index (χ3v) is 5.39. The van der Waals surface area contributed by atoms with Crippen LogP contribution in [0.3, 0.4) is 0 Å². The maximum absolute atomic E-state index is 12.2. The van der Waals surface area contributed by atoms with E-state index >= 15 is 0 Å². The van der Waals surface area contributed by atoms with Crippen molar-refractivity contribution in [3.63, 3.8) is 0 Å². The van der Waals surface area contributed by atoms with Gasteiger partial charge < -0.3 is 15.3 Å². The van der Waals surface area contributed by atoms with E-state index in [9.17, 15) is 15.0 Å². The zero-order chi connectivity index (χ0) is 18.7. The number of rotatable bonds is 13. The van der Waals surface area contributed by atoms with Crippen molar-refractivity contribution in [2.24, 2.45) is 11.8 Å². The van der Waals surface area contributed by atoms with Crippen LogP contribution < -0.4 is 0 Å². The Balaban J connectivity index is 2.45. The summed E-state index contributed by atoms with van der Waals surface area (Å²) in [4.78, 5) is 12.2. The lowest BCUT2D eigenvalue weighted by atomic mass is 9.87. The predicted octanol–water partition coefficient (Wildman–Crippen LogP) is 3.77. The van der Waals surface area contributed by atoms with E-state index in [0.717, 1.165) is 57.8 Å². The van der Waals surface area contributed by atoms with E-state index < -0.39 is 11.7 Å². The van der Waals surface area contributed by atoms with E-state index in [4.69, 9.17) is 5.11 Å². The first kappa shape index (κ1) is 22.3. The Hall–Kier alpha value is -0.710. The molecule has 0 bridgehead atoms. The molecular formula is C21H38O4. The Morgan fingerprint density at radius 2 is 1.84 bits per heavy atom. The molecule has 146 valence electrons. The molecule has 3 N–H and O–H groups in total. The summed E-state index contributed by atoms with van der Waals surface area (Å²) in [5.74, 6) is -0.00755. The summed E-state index contributed by atoms with van der Waals surface area (Å²) in [6.07, 6.45) is 12.9. The van der Waals surface area contributed by atoms with Crippen molar-refractivity contribution in [3.8, 4) is 0 Å². The van der Waals surface area contributed by atoms with Crippen molar-refractivity contribution < 1.29 is 20.1 Å². The highest BCUT2D eigenvalue weighted by Gasteiger charge is 2.39. The molecule has 4 atom stereocenters. The summed E-state index contributed by atoms with van der Waals surface area (Å²) in [7, 11) is 0. The number of aliphatic hydroxyl groups excluding tert-OH is 2. The lowest BCUT2D eigenvalue weighted by Gasteiger charge is -2.22. The predicted molar refractivity (Wildman–Crippen MR) is 101 cm³/mol. The number of ketones is 1. The van der Waals surface area contributed by atoms with E-state index in [1.54, 1.807) is 0 Å². The van der Waals surface area contributed by atoms with Gasteiger partial charge in [0.1, 0.15) is 5.78 Å². The van der Waals surface area contributed by atoms with E-state index in [1.165, 1.54) is 0 Å². The Bertz CT molecular complexity index is 403. The van der Waals surface area contributed by atoms with Gasteiger partial charge in [-0.1, -0.05) is 57.6 Å². The van der Waals surface area contributed by atoms with Crippen LogP contribution in [0.5, 0.6) is 0 Å². The quantitative estimate of drug-likeness (QED) is 0.347. The van der Waals surface area contributed by atoms with Gasteiger partial charge in [0.2, 0.25) is 0 Å². The van der Waals surface area contributed by atoms with Gasteiger partial charge in [0.15, 0.2) is 0 Å². The van der Waals surface area contributed by atoms with Crippen molar-refractivity contribution in [1.29, 1.82) is 0 Å². The fraction of sp³-hybridized carbons (Fsp3) is 0.857. The van der Waals surface area contributed by atoms with Crippen LogP contribution in [0.2, 0.25) is 0 Å². The van der Waals surface area contributed by atoms with Crippen molar-refractivity contribution in [2.45, 2.75) is 96.2 Å². The molecule has 1 fully saturated rings. The van der Waals surface area contributed by atoms with E-state index in [1.807, 2.05) is 19.1 Å². The van der Waals surface area contributed by atoms with E-state index in [-0.39, 0.29) is 30.6 Å². The van der Waals surface area contributed by atoms with Crippen LogP contribution in [-0.4, -0.2) is 39.4 Å². The largest absolute Gasteiger partial charge is 0.396 e. The molecular weight excluding hydrogens is 316 g/mol. The lowest BCUT2D eigenvalue weighted by Crippen LogP contribution is -2.23. The molecule has 4 heteroatoms. The maximum Gasteiger partial charge on any atom is 0.139 e. The molecule has 1 aliphatic carbocycles. The van der Waals surface area contributed by atoms with E-state index in [0.29, 0.717) is 6.42 Å². The SMILES string of the molecule is CCCC[C@@](C)(O)C/C=C/[C@H]1[C@H](O)CC(=O)[C@@H]1CCCCCCCO. The minimum atomic E-state index is -0.706. The van der Waals surface area contributed by atoms with Crippen LogP contribution in [0.25, 0.3) is 0 Å². The number of carbonyl (C=O) groups is 1. The van der Waals surface area contributed by atoms with Gasteiger partial charge in [-0.05, 0) is 32.6 Å². The molecule has 25 heavy (non-hydrogen) atoms. The average molecular weight is 355 g/mol. The number of unbranched alkanes of at least 4 members (excludes halogenated alkanes) is 5. The molecule has 1 saturated carbocycles. The molecule has 0 radical (unpaired) electrons. The Morgan fingerprint density at radius 1 is 1.16 bits per heavy atom. The molecule has 0 saturated heterocycles. The first-order chi connectivity index (χ1) is 11.9. The minimum Gasteiger partial charge on any atom is -0.396 e. The second kappa shape index (κ2) is 11.8. The smallest absolute Gasteiger partial charge is 0.139 e. The number of Topliss-reactive ketones (excluding diaryl/α,β-unsaturated/α-hetero) is 1. The second-order valence-corrected chi connectivity index (χ2v) is 7.93. The Morgan fingerprint density at radius 3 is 2.52 bits per heavy atom. The number of hydrogen-bond acceptors (Lipinski definition) is 4. The molecule has 0 heterocycles. The lowest BCUT2D eigenvalue weighted by molar-refractivity contribution is -0.121. The zero-order valence-electron chi connectivity index (χ0n) is 16.1. The molecule has 0 aromatic carbocycles. The van der Waals surface area contributed by atoms with Gasteiger partial charge in [-0.15, -0.1) is 0 Å². The minimum absolute atomic E-state index is 0.0790. The van der Waals surface area contributed by atoms with Crippen molar-refractivity contribution in [1.82, 2.24) is 0 Å². The van der Waals surface area contributed by atoms with Crippen LogP contribution in [-0.2, 0) is 4.79 Å². The third kappa shape index (κ3) is 8.48. The number of carbonyl (C=O) groups excluding carboxylic acids is 1. The summed E-state index contributed by atoms with van der Waals surface area (Å²) in [6, 6.07) is 0. The molecule has 0 spiro atoms. The molecule has 0 amide bonds. The first-order valence-electron chi connectivity index (χ1n) is 10.1. The Kier molecular flexibility index (Phi) is 10.6. The van der Waals surface area contributed by atoms with E-state index in [2.05, 4.69) is 6.92 Å². The van der Waals surface area contributed by atoms with Gasteiger partial charge in [0.05, 0.1) is 11.7 Å². The van der Waals surface area contributed by atoms with Gasteiger partial charge in [0.25, 0.3) is 0 Å². The van der Waals surface area contributed by atoms with Gasteiger partial charge in [0, 0.05) is 24.9 Å². The summed E-state index contributed by atoms with van der Waals surface area (Å²) < 4.78 is 0. The number of hydrogen-bond donors (Lipinski definition) is 3.